The maximum absolute atomic E-state index is 6.23. The van der Waals surface area contributed by atoms with Crippen LogP contribution in [-0.4, -0.2) is 23.6 Å². The average molecular weight is 368 g/mol. The van der Waals surface area contributed by atoms with Gasteiger partial charge in [0.1, 0.15) is 27.4 Å². The van der Waals surface area contributed by atoms with Crippen molar-refractivity contribution in [1.29, 1.82) is 0 Å². The van der Waals surface area contributed by atoms with Gasteiger partial charge in [-0.2, -0.15) is 0 Å². The molecular formula is C15H12BrClN2O2. The first-order valence-electron chi connectivity index (χ1n) is 6.20. The van der Waals surface area contributed by atoms with Crippen molar-refractivity contribution < 1.29 is 9.47 Å². The van der Waals surface area contributed by atoms with Crippen LogP contribution >= 0.6 is 27.5 Å². The molecule has 0 aliphatic rings. The Morgan fingerprint density at radius 2 is 1.90 bits per heavy atom. The summed E-state index contributed by atoms with van der Waals surface area (Å²) in [7, 11) is 3.18. The van der Waals surface area contributed by atoms with E-state index in [2.05, 4.69) is 20.9 Å². The van der Waals surface area contributed by atoms with Crippen LogP contribution in [0, 0.1) is 0 Å². The van der Waals surface area contributed by atoms with Crippen LogP contribution in [0.2, 0.25) is 5.02 Å². The molecule has 0 bridgehead atoms. The second kappa shape index (κ2) is 5.58. The summed E-state index contributed by atoms with van der Waals surface area (Å²) < 4.78 is 13.5. The zero-order valence-corrected chi connectivity index (χ0v) is 13.8. The van der Waals surface area contributed by atoms with Gasteiger partial charge in [-0.15, -0.1) is 0 Å². The van der Waals surface area contributed by atoms with E-state index in [0.29, 0.717) is 16.5 Å². The van der Waals surface area contributed by atoms with E-state index < -0.39 is 0 Å². The third-order valence-corrected chi connectivity index (χ3v) is 4.25. The number of benzene rings is 1. The molecule has 0 fully saturated rings. The van der Waals surface area contributed by atoms with Gasteiger partial charge in [-0.25, -0.2) is 4.98 Å². The van der Waals surface area contributed by atoms with Crippen molar-refractivity contribution in [2.45, 2.75) is 0 Å². The molecule has 6 heteroatoms. The lowest BCUT2D eigenvalue weighted by Crippen LogP contribution is -1.92. The first kappa shape index (κ1) is 14.2. The van der Waals surface area contributed by atoms with E-state index in [9.17, 15) is 0 Å². The highest BCUT2D eigenvalue weighted by atomic mass is 79.9. The zero-order valence-electron chi connectivity index (χ0n) is 11.4. The fourth-order valence-corrected chi connectivity index (χ4v) is 3.03. The quantitative estimate of drug-likeness (QED) is 0.687. The van der Waals surface area contributed by atoms with Crippen molar-refractivity contribution >= 4 is 33.2 Å². The third kappa shape index (κ3) is 2.36. The molecule has 0 saturated carbocycles. The molecule has 21 heavy (non-hydrogen) atoms. The van der Waals surface area contributed by atoms with Gasteiger partial charge in [0.25, 0.3) is 0 Å². The normalized spacial score (nSPS) is 10.9. The van der Waals surface area contributed by atoms with Gasteiger partial charge in [0, 0.05) is 17.8 Å². The number of halogens is 2. The predicted molar refractivity (Wildman–Crippen MR) is 86.4 cm³/mol. The molecule has 1 aromatic carbocycles. The number of fused-ring (bicyclic) bond motifs is 1. The summed E-state index contributed by atoms with van der Waals surface area (Å²) in [6, 6.07) is 9.38. The number of methoxy groups -OCH3 is 2. The first-order chi connectivity index (χ1) is 10.2. The van der Waals surface area contributed by atoms with Crippen LogP contribution in [0.15, 0.2) is 41.1 Å². The lowest BCUT2D eigenvalue weighted by atomic mass is 10.1. The molecule has 2 heterocycles. The lowest BCUT2D eigenvalue weighted by Gasteiger charge is -2.11. The summed E-state index contributed by atoms with van der Waals surface area (Å²) in [6.07, 6.45) is 1.94. The van der Waals surface area contributed by atoms with Crippen molar-refractivity contribution in [3.8, 4) is 22.8 Å². The van der Waals surface area contributed by atoms with Gasteiger partial charge in [0.15, 0.2) is 0 Å². The summed E-state index contributed by atoms with van der Waals surface area (Å²) >= 11 is 9.81. The van der Waals surface area contributed by atoms with Crippen molar-refractivity contribution in [3.05, 3.63) is 46.2 Å². The number of rotatable bonds is 3. The SMILES string of the molecule is COc1cc(OC)c(-c2nc3ccccn3c2Br)cc1Cl. The molecular weight excluding hydrogens is 356 g/mol. The molecule has 3 aromatic rings. The van der Waals surface area contributed by atoms with E-state index in [4.69, 9.17) is 21.1 Å². The van der Waals surface area contributed by atoms with E-state index in [1.807, 2.05) is 28.8 Å². The van der Waals surface area contributed by atoms with Crippen molar-refractivity contribution in [2.75, 3.05) is 14.2 Å². The topological polar surface area (TPSA) is 35.8 Å². The van der Waals surface area contributed by atoms with Crippen LogP contribution in [-0.2, 0) is 0 Å². The minimum absolute atomic E-state index is 0.511. The lowest BCUT2D eigenvalue weighted by molar-refractivity contribution is 0.395. The van der Waals surface area contributed by atoms with Gasteiger partial charge in [-0.3, -0.25) is 4.40 Å². The van der Waals surface area contributed by atoms with Crippen molar-refractivity contribution in [3.63, 3.8) is 0 Å². The van der Waals surface area contributed by atoms with E-state index in [1.165, 1.54) is 0 Å². The molecule has 0 unspecified atom stereocenters. The van der Waals surface area contributed by atoms with Crippen molar-refractivity contribution in [1.82, 2.24) is 9.38 Å². The molecule has 108 valence electrons. The van der Waals surface area contributed by atoms with E-state index in [0.717, 1.165) is 21.5 Å². The number of nitrogens with zero attached hydrogens (tertiary/aromatic N) is 2. The van der Waals surface area contributed by atoms with Gasteiger partial charge in [0.05, 0.1) is 19.2 Å². The number of aromatic nitrogens is 2. The van der Waals surface area contributed by atoms with Gasteiger partial charge in [-0.05, 0) is 34.1 Å². The number of pyridine rings is 1. The van der Waals surface area contributed by atoms with Crippen molar-refractivity contribution in [2.24, 2.45) is 0 Å². The van der Waals surface area contributed by atoms with E-state index in [1.54, 1.807) is 26.4 Å². The summed E-state index contributed by atoms with van der Waals surface area (Å²) in [6.45, 7) is 0. The smallest absolute Gasteiger partial charge is 0.141 e. The highest BCUT2D eigenvalue weighted by Crippen LogP contribution is 2.40. The average Bonchev–Trinajstić information content (AvgIpc) is 2.84. The summed E-state index contributed by atoms with van der Waals surface area (Å²) in [4.78, 5) is 4.62. The highest BCUT2D eigenvalue weighted by molar-refractivity contribution is 9.10. The van der Waals surface area contributed by atoms with Gasteiger partial charge < -0.3 is 9.47 Å². The Bertz CT molecular complexity index is 817. The largest absolute Gasteiger partial charge is 0.496 e. The first-order valence-corrected chi connectivity index (χ1v) is 7.37. The summed E-state index contributed by atoms with van der Waals surface area (Å²) in [5, 5.41) is 0.511. The highest BCUT2D eigenvalue weighted by Gasteiger charge is 2.18. The third-order valence-electron chi connectivity index (χ3n) is 3.20. The van der Waals surface area contributed by atoms with Gasteiger partial charge in [0.2, 0.25) is 0 Å². The summed E-state index contributed by atoms with van der Waals surface area (Å²) in [5.74, 6) is 1.22. The van der Waals surface area contributed by atoms with Gasteiger partial charge >= 0.3 is 0 Å². The fraction of sp³-hybridized carbons (Fsp3) is 0.133. The Balaban J connectivity index is 2.27. The Labute approximate surface area is 135 Å². The Morgan fingerprint density at radius 1 is 1.14 bits per heavy atom. The van der Waals surface area contributed by atoms with Crippen LogP contribution in [0.3, 0.4) is 0 Å². The van der Waals surface area contributed by atoms with E-state index >= 15 is 0 Å². The van der Waals surface area contributed by atoms with Crippen LogP contribution in [0.5, 0.6) is 11.5 Å². The van der Waals surface area contributed by atoms with Crippen LogP contribution < -0.4 is 9.47 Å². The van der Waals surface area contributed by atoms with Crippen LogP contribution in [0.1, 0.15) is 0 Å². The molecule has 0 saturated heterocycles. The summed E-state index contributed by atoms with van der Waals surface area (Å²) in [5.41, 5.74) is 2.41. The predicted octanol–water partition coefficient (Wildman–Crippen LogP) is 4.43. The molecule has 0 amide bonds. The Kier molecular flexibility index (Phi) is 3.78. The number of hydrogen-bond acceptors (Lipinski definition) is 3. The standard InChI is InChI=1S/C15H12BrClN2O2/c1-20-11-8-12(21-2)10(17)7-9(11)14-15(16)19-6-4-3-5-13(19)18-14/h3-8H,1-2H3. The molecule has 4 nitrogen and oxygen atoms in total. The zero-order chi connectivity index (χ0) is 15.0. The molecule has 0 atom stereocenters. The number of ether oxygens (including phenoxy) is 2. The maximum atomic E-state index is 6.23. The molecule has 3 rings (SSSR count). The van der Waals surface area contributed by atoms with E-state index in [-0.39, 0.29) is 0 Å². The van der Waals surface area contributed by atoms with Gasteiger partial charge in [-0.1, -0.05) is 17.7 Å². The van der Waals surface area contributed by atoms with Crippen LogP contribution in [0.25, 0.3) is 16.9 Å². The maximum Gasteiger partial charge on any atom is 0.141 e. The minimum atomic E-state index is 0.511. The number of imidazole rings is 1. The molecule has 0 aliphatic heterocycles. The fourth-order valence-electron chi connectivity index (χ4n) is 2.18. The molecule has 0 N–H and O–H groups in total. The Hall–Kier alpha value is -1.72. The Morgan fingerprint density at radius 3 is 2.57 bits per heavy atom. The molecule has 2 aromatic heterocycles. The molecule has 0 radical (unpaired) electrons. The number of hydrogen-bond donors (Lipinski definition) is 0. The molecule has 0 spiro atoms. The van der Waals surface area contributed by atoms with Crippen LogP contribution in [0.4, 0.5) is 0 Å². The monoisotopic (exact) mass is 366 g/mol. The second-order valence-corrected chi connectivity index (χ2v) is 5.53. The second-order valence-electron chi connectivity index (χ2n) is 4.37. The minimum Gasteiger partial charge on any atom is -0.496 e. The molecule has 0 aliphatic carbocycles.